The van der Waals surface area contributed by atoms with Crippen LogP contribution in [0.15, 0.2) is 43.4 Å². The van der Waals surface area contributed by atoms with Crippen molar-refractivity contribution in [3.63, 3.8) is 0 Å². The zero-order chi connectivity index (χ0) is 30.4. The molecule has 0 bridgehead atoms. The molecule has 4 rings (SSSR count). The number of carbonyl (C=O) groups is 5. The van der Waals surface area contributed by atoms with Crippen LogP contribution < -0.4 is 4.90 Å². The fraction of sp³-hybridized carbons (Fsp3) is 0.393. The lowest BCUT2D eigenvalue weighted by Gasteiger charge is -2.50. The number of hydrogen-bond donors (Lipinski definition) is 0. The summed E-state index contributed by atoms with van der Waals surface area (Å²) in [5.41, 5.74) is 1.48. The maximum atomic E-state index is 13.6. The number of nitrogens with zero attached hydrogens (tertiary/aromatic N) is 1. The van der Waals surface area contributed by atoms with Crippen LogP contribution in [0, 0.1) is 6.92 Å². The van der Waals surface area contributed by atoms with Gasteiger partial charge in [0.2, 0.25) is 5.91 Å². The van der Waals surface area contributed by atoms with E-state index in [1.807, 2.05) is 39.0 Å². The van der Waals surface area contributed by atoms with Crippen molar-refractivity contribution < 1.29 is 42.9 Å². The Morgan fingerprint density at radius 3 is 1.80 bits per heavy atom. The fourth-order valence-electron chi connectivity index (χ4n) is 5.04. The van der Waals surface area contributed by atoms with Gasteiger partial charge in [-0.1, -0.05) is 53.8 Å². The van der Waals surface area contributed by atoms with E-state index >= 15 is 0 Å². The van der Waals surface area contributed by atoms with Crippen LogP contribution in [0.4, 0.5) is 5.69 Å². The first-order valence-corrected chi connectivity index (χ1v) is 14.9. The van der Waals surface area contributed by atoms with Gasteiger partial charge in [-0.25, -0.2) is 19.2 Å². The molecule has 0 saturated carbocycles. The average Bonchev–Trinajstić information content (AvgIpc) is 3.35. The summed E-state index contributed by atoms with van der Waals surface area (Å²) in [7, 11) is 4.72. The second-order valence-electron chi connectivity index (χ2n) is 9.62. The topological polar surface area (TPSA) is 126 Å². The summed E-state index contributed by atoms with van der Waals surface area (Å²) < 4.78 is 18.7. The number of fused-ring (bicyclic) bond motifs is 3. The summed E-state index contributed by atoms with van der Waals surface area (Å²) in [4.78, 5) is 68.4. The monoisotopic (exact) mass is 619 g/mol. The summed E-state index contributed by atoms with van der Waals surface area (Å²) in [6.07, 6.45) is 0.215. The maximum absolute atomic E-state index is 13.6. The molecular weight excluding hydrogens is 591 g/mol. The van der Waals surface area contributed by atoms with Crippen LogP contribution >= 0.6 is 35.3 Å². The Balaban J connectivity index is 2.19. The molecule has 1 aromatic carbocycles. The van der Waals surface area contributed by atoms with Crippen molar-refractivity contribution in [3.8, 4) is 0 Å². The first kappa shape index (κ1) is 30.8. The Labute approximate surface area is 250 Å². The lowest BCUT2D eigenvalue weighted by molar-refractivity contribution is -0.138. The first-order chi connectivity index (χ1) is 19.3. The van der Waals surface area contributed by atoms with Crippen molar-refractivity contribution >= 4 is 76.3 Å². The molecule has 0 N–H and O–H groups in total. The van der Waals surface area contributed by atoms with Gasteiger partial charge < -0.3 is 23.8 Å². The van der Waals surface area contributed by atoms with Gasteiger partial charge in [0.1, 0.15) is 18.8 Å². The molecule has 0 atom stereocenters. The van der Waals surface area contributed by atoms with E-state index in [1.54, 1.807) is 11.8 Å². The van der Waals surface area contributed by atoms with Crippen molar-refractivity contribution in [2.24, 2.45) is 0 Å². The summed E-state index contributed by atoms with van der Waals surface area (Å²) in [5, 5.41) is 0. The summed E-state index contributed by atoms with van der Waals surface area (Å²) in [5.74, 6) is -3.44. The van der Waals surface area contributed by atoms with Gasteiger partial charge in [-0.2, -0.15) is 0 Å². The van der Waals surface area contributed by atoms with E-state index in [0.29, 0.717) is 21.7 Å². The minimum absolute atomic E-state index is 0.0819. The highest BCUT2D eigenvalue weighted by Crippen LogP contribution is 2.71. The highest BCUT2D eigenvalue weighted by atomic mass is 32.2. The lowest BCUT2D eigenvalue weighted by atomic mass is 9.82. The number of hydrogen-bond acceptors (Lipinski definition) is 12. The predicted molar refractivity (Wildman–Crippen MR) is 158 cm³/mol. The van der Waals surface area contributed by atoms with Crippen LogP contribution in [-0.2, 0) is 42.9 Å². The minimum Gasteiger partial charge on any atom is -0.466 e. The van der Waals surface area contributed by atoms with Crippen LogP contribution in [0.25, 0.3) is 5.57 Å². The maximum Gasteiger partial charge on any atom is 0.345 e. The number of methoxy groups -OCH3 is 4. The number of benzene rings is 1. The SMILES string of the molecule is CCC(=O)N1c2ccc(C)cc2C2=C(SC(C(=O)OC)=C(C(=O)OC)C23SC(C(=O)OC)=C(C(=O)OC)S3)C1(C)C. The molecule has 1 amide bonds. The largest absolute Gasteiger partial charge is 0.466 e. The van der Waals surface area contributed by atoms with E-state index < -0.39 is 33.5 Å². The lowest BCUT2D eigenvalue weighted by Crippen LogP contribution is -2.53. The summed E-state index contributed by atoms with van der Waals surface area (Å²) >= 11 is 2.81. The van der Waals surface area contributed by atoms with Crippen LogP contribution in [0.1, 0.15) is 38.3 Å². The molecule has 0 radical (unpaired) electrons. The highest BCUT2D eigenvalue weighted by molar-refractivity contribution is 8.26. The smallest absolute Gasteiger partial charge is 0.345 e. The fourth-order valence-corrected chi connectivity index (χ4v) is 10.1. The number of anilines is 1. The molecule has 218 valence electrons. The van der Waals surface area contributed by atoms with Crippen LogP contribution in [-0.4, -0.2) is 67.8 Å². The van der Waals surface area contributed by atoms with Crippen molar-refractivity contribution in [2.45, 2.75) is 43.7 Å². The molecule has 1 aromatic rings. The standard InChI is InChI=1S/C28H29NO9S3/c1-9-16(30)29-15-11-10-13(2)12-14(15)17-22(27(29,3)4)39-19(24(32)36-6)18(23(31)35-5)28(17)40-20(25(33)37-7)21(41-28)26(34)38-8/h10-12H,9H2,1-8H3. The highest BCUT2D eigenvalue weighted by Gasteiger charge is 2.61. The number of ether oxygens (including phenoxy) is 4. The summed E-state index contributed by atoms with van der Waals surface area (Å²) in [6.45, 7) is 7.34. The molecule has 3 aliphatic heterocycles. The van der Waals surface area contributed by atoms with Crippen molar-refractivity contribution in [3.05, 3.63) is 54.5 Å². The second kappa shape index (κ2) is 11.3. The van der Waals surface area contributed by atoms with Gasteiger partial charge in [0.15, 0.2) is 0 Å². The molecule has 3 aliphatic rings. The molecular formula is C28H29NO9S3. The Bertz CT molecular complexity index is 1460. The molecule has 3 heterocycles. The van der Waals surface area contributed by atoms with Gasteiger partial charge in [0.25, 0.3) is 0 Å². The number of esters is 4. The van der Waals surface area contributed by atoms with Crippen LogP contribution in [0.2, 0.25) is 0 Å². The molecule has 0 aliphatic carbocycles. The normalized spacial score (nSPS) is 18.6. The van der Waals surface area contributed by atoms with Gasteiger partial charge in [-0.3, -0.25) is 4.79 Å². The van der Waals surface area contributed by atoms with Crippen LogP contribution in [0.5, 0.6) is 0 Å². The number of aryl methyl sites for hydroxylation is 1. The average molecular weight is 620 g/mol. The number of carbonyl (C=O) groups excluding carboxylic acids is 5. The Kier molecular flexibility index (Phi) is 8.45. The van der Waals surface area contributed by atoms with Gasteiger partial charge in [0.05, 0.1) is 45.2 Å². The van der Waals surface area contributed by atoms with E-state index in [2.05, 4.69) is 0 Å². The van der Waals surface area contributed by atoms with E-state index in [4.69, 9.17) is 18.9 Å². The van der Waals surface area contributed by atoms with E-state index in [1.165, 1.54) is 28.4 Å². The molecule has 0 unspecified atom stereocenters. The van der Waals surface area contributed by atoms with E-state index in [0.717, 1.165) is 40.8 Å². The Morgan fingerprint density at radius 1 is 0.805 bits per heavy atom. The van der Waals surface area contributed by atoms with Gasteiger partial charge in [0, 0.05) is 22.5 Å². The number of thioether (sulfide) groups is 3. The molecule has 0 aromatic heterocycles. The molecule has 1 spiro atoms. The predicted octanol–water partition coefficient (Wildman–Crippen LogP) is 4.32. The third-order valence-electron chi connectivity index (χ3n) is 6.85. The van der Waals surface area contributed by atoms with Crippen molar-refractivity contribution in [1.29, 1.82) is 0 Å². The first-order valence-electron chi connectivity index (χ1n) is 12.4. The van der Waals surface area contributed by atoms with Crippen molar-refractivity contribution in [1.82, 2.24) is 0 Å². The van der Waals surface area contributed by atoms with E-state index in [9.17, 15) is 24.0 Å². The van der Waals surface area contributed by atoms with Gasteiger partial charge in [-0.15, -0.1) is 0 Å². The van der Waals surface area contributed by atoms with Crippen molar-refractivity contribution in [2.75, 3.05) is 33.3 Å². The third-order valence-corrected chi connectivity index (χ3v) is 11.5. The molecule has 0 fully saturated rings. The third kappa shape index (κ3) is 4.67. The quantitative estimate of drug-likeness (QED) is 0.344. The zero-order valence-electron chi connectivity index (χ0n) is 23.8. The van der Waals surface area contributed by atoms with Gasteiger partial charge >= 0.3 is 23.9 Å². The van der Waals surface area contributed by atoms with E-state index in [-0.39, 0.29) is 32.6 Å². The number of rotatable bonds is 5. The summed E-state index contributed by atoms with van der Waals surface area (Å²) in [6, 6.07) is 5.59. The van der Waals surface area contributed by atoms with Gasteiger partial charge in [-0.05, 0) is 32.9 Å². The Hall–Kier alpha value is -3.16. The molecule has 0 saturated heterocycles. The minimum atomic E-state index is -1.59. The zero-order valence-corrected chi connectivity index (χ0v) is 26.2. The Morgan fingerprint density at radius 2 is 1.32 bits per heavy atom. The van der Waals surface area contributed by atoms with Crippen LogP contribution in [0.3, 0.4) is 0 Å². The number of amides is 1. The second-order valence-corrected chi connectivity index (χ2v) is 13.3. The molecule has 41 heavy (non-hydrogen) atoms. The molecule has 10 nitrogen and oxygen atoms in total. The molecule has 13 heteroatoms.